The van der Waals surface area contributed by atoms with Gasteiger partial charge in [-0.25, -0.2) is 4.98 Å². The summed E-state index contributed by atoms with van der Waals surface area (Å²) in [6, 6.07) is 7.89. The van der Waals surface area contributed by atoms with Crippen LogP contribution in [0.5, 0.6) is 0 Å². The van der Waals surface area contributed by atoms with Gasteiger partial charge in [0.05, 0.1) is 5.52 Å². The quantitative estimate of drug-likeness (QED) is 0.597. The predicted molar refractivity (Wildman–Crippen MR) is 69.2 cm³/mol. The molecule has 0 N–H and O–H groups in total. The highest BCUT2D eigenvalue weighted by Gasteiger charge is 2.06. The molecule has 0 atom stereocenters. The van der Waals surface area contributed by atoms with E-state index in [-0.39, 0.29) is 5.78 Å². The van der Waals surface area contributed by atoms with Gasteiger partial charge in [0, 0.05) is 15.9 Å². The lowest BCUT2D eigenvalue weighted by atomic mass is 10.1. The number of carbonyl (C=O) groups excluding carboxylic acids is 1. The Morgan fingerprint density at radius 2 is 2.07 bits per heavy atom. The Labute approximate surface area is 102 Å². The van der Waals surface area contributed by atoms with Crippen LogP contribution in [0.4, 0.5) is 0 Å². The number of Topliss-reactive ketones (excluding diaryl/α,β-unsaturated/α-hetero) is 1. The molecule has 0 unspecified atom stereocenters. The number of aromatic nitrogens is 1. The molecular weight excluding hydrogens is 301 g/mol. The zero-order chi connectivity index (χ0) is 11.0. The van der Waals surface area contributed by atoms with Gasteiger partial charge in [-0.3, -0.25) is 4.79 Å². The number of aryl methyl sites for hydroxylation is 1. The second-order valence-corrected chi connectivity index (χ2v) is 4.79. The van der Waals surface area contributed by atoms with Crippen molar-refractivity contribution in [1.29, 1.82) is 0 Å². The lowest BCUT2D eigenvalue weighted by molar-refractivity contribution is 0.101. The molecule has 0 aliphatic heterocycles. The fourth-order valence-corrected chi connectivity index (χ4v) is 2.04. The van der Waals surface area contributed by atoms with Gasteiger partial charge in [0.15, 0.2) is 5.78 Å². The van der Waals surface area contributed by atoms with Gasteiger partial charge in [-0.05, 0) is 59.3 Å². The van der Waals surface area contributed by atoms with Crippen LogP contribution in [0.25, 0.3) is 10.9 Å². The molecule has 0 fully saturated rings. The molecule has 2 rings (SSSR count). The number of rotatable bonds is 1. The fourth-order valence-electron chi connectivity index (χ4n) is 1.55. The van der Waals surface area contributed by atoms with Gasteiger partial charge in [-0.15, -0.1) is 0 Å². The average Bonchev–Trinajstić information content (AvgIpc) is 2.18. The third-order valence-electron chi connectivity index (χ3n) is 2.34. The highest BCUT2D eigenvalue weighted by atomic mass is 127. The SMILES string of the molecule is CC(=O)c1cc(C)c2cc(I)ccc2n1. The molecule has 0 aliphatic carbocycles. The summed E-state index contributed by atoms with van der Waals surface area (Å²) in [7, 11) is 0. The van der Waals surface area contributed by atoms with E-state index in [2.05, 4.69) is 33.6 Å². The van der Waals surface area contributed by atoms with Gasteiger partial charge in [-0.2, -0.15) is 0 Å². The largest absolute Gasteiger partial charge is 0.293 e. The minimum absolute atomic E-state index is 0.0125. The summed E-state index contributed by atoms with van der Waals surface area (Å²) in [5.41, 5.74) is 2.53. The number of ketones is 1. The van der Waals surface area contributed by atoms with Crippen LogP contribution in [0.2, 0.25) is 0 Å². The molecule has 1 aromatic carbocycles. The van der Waals surface area contributed by atoms with E-state index in [0.717, 1.165) is 16.5 Å². The molecule has 0 saturated heterocycles. The maximum atomic E-state index is 11.2. The van der Waals surface area contributed by atoms with Crippen molar-refractivity contribution in [1.82, 2.24) is 4.98 Å². The molecule has 0 radical (unpaired) electrons. The van der Waals surface area contributed by atoms with Gasteiger partial charge < -0.3 is 0 Å². The second-order valence-electron chi connectivity index (χ2n) is 3.54. The lowest BCUT2D eigenvalue weighted by Crippen LogP contribution is -1.98. The Hall–Kier alpha value is -0.970. The van der Waals surface area contributed by atoms with E-state index < -0.39 is 0 Å². The molecule has 1 aromatic heterocycles. The van der Waals surface area contributed by atoms with Crippen molar-refractivity contribution >= 4 is 39.3 Å². The summed E-state index contributed by atoms with van der Waals surface area (Å²) in [6.07, 6.45) is 0. The number of hydrogen-bond donors (Lipinski definition) is 0. The number of hydrogen-bond acceptors (Lipinski definition) is 2. The normalized spacial score (nSPS) is 10.6. The summed E-state index contributed by atoms with van der Waals surface area (Å²) >= 11 is 2.27. The second kappa shape index (κ2) is 3.89. The first-order valence-corrected chi connectivity index (χ1v) is 5.73. The molecule has 2 nitrogen and oxygen atoms in total. The molecule has 15 heavy (non-hydrogen) atoms. The Morgan fingerprint density at radius 1 is 1.33 bits per heavy atom. The van der Waals surface area contributed by atoms with Crippen molar-refractivity contribution < 1.29 is 4.79 Å². The third-order valence-corrected chi connectivity index (χ3v) is 3.01. The Kier molecular flexibility index (Phi) is 2.73. The number of carbonyl (C=O) groups is 1. The van der Waals surface area contributed by atoms with Gasteiger partial charge in [0.1, 0.15) is 5.69 Å². The van der Waals surface area contributed by atoms with Crippen LogP contribution in [-0.4, -0.2) is 10.8 Å². The van der Waals surface area contributed by atoms with Crippen molar-refractivity contribution in [3.05, 3.63) is 39.1 Å². The van der Waals surface area contributed by atoms with Crippen LogP contribution in [-0.2, 0) is 0 Å². The number of fused-ring (bicyclic) bond motifs is 1. The highest BCUT2D eigenvalue weighted by molar-refractivity contribution is 14.1. The highest BCUT2D eigenvalue weighted by Crippen LogP contribution is 2.20. The summed E-state index contributed by atoms with van der Waals surface area (Å²) in [6.45, 7) is 3.55. The van der Waals surface area contributed by atoms with Crippen molar-refractivity contribution in [2.45, 2.75) is 13.8 Å². The first kappa shape index (κ1) is 10.5. The van der Waals surface area contributed by atoms with Crippen molar-refractivity contribution in [2.24, 2.45) is 0 Å². The summed E-state index contributed by atoms with van der Waals surface area (Å²) < 4.78 is 1.18. The molecule has 0 aliphatic rings. The lowest BCUT2D eigenvalue weighted by Gasteiger charge is -2.04. The van der Waals surface area contributed by atoms with Gasteiger partial charge in [-0.1, -0.05) is 0 Å². The van der Waals surface area contributed by atoms with Crippen LogP contribution in [0.3, 0.4) is 0 Å². The van der Waals surface area contributed by atoms with E-state index in [1.54, 1.807) is 6.92 Å². The molecular formula is C12H10INO. The summed E-state index contributed by atoms with van der Waals surface area (Å²) in [5.74, 6) is 0.0125. The molecule has 2 aromatic rings. The third kappa shape index (κ3) is 2.02. The van der Waals surface area contributed by atoms with E-state index in [1.165, 1.54) is 3.57 Å². The summed E-state index contributed by atoms with van der Waals surface area (Å²) in [4.78, 5) is 15.6. The maximum absolute atomic E-state index is 11.2. The van der Waals surface area contributed by atoms with E-state index in [9.17, 15) is 4.79 Å². The van der Waals surface area contributed by atoms with Crippen LogP contribution in [0, 0.1) is 10.5 Å². The molecule has 0 saturated carbocycles. The molecule has 0 spiro atoms. The van der Waals surface area contributed by atoms with Crippen LogP contribution in [0.1, 0.15) is 23.0 Å². The number of benzene rings is 1. The summed E-state index contributed by atoms with van der Waals surface area (Å²) in [5, 5.41) is 1.12. The molecule has 3 heteroatoms. The number of halogens is 1. The smallest absolute Gasteiger partial charge is 0.178 e. The number of pyridine rings is 1. The Balaban J connectivity index is 2.78. The van der Waals surface area contributed by atoms with E-state index >= 15 is 0 Å². The van der Waals surface area contributed by atoms with Gasteiger partial charge >= 0.3 is 0 Å². The fraction of sp³-hybridized carbons (Fsp3) is 0.167. The standard InChI is InChI=1S/C12H10INO/c1-7-5-12(8(2)15)14-11-4-3-9(13)6-10(7)11/h3-6H,1-2H3. The monoisotopic (exact) mass is 311 g/mol. The molecule has 0 amide bonds. The maximum Gasteiger partial charge on any atom is 0.178 e. The van der Waals surface area contributed by atoms with Gasteiger partial charge in [0.25, 0.3) is 0 Å². The van der Waals surface area contributed by atoms with Crippen LogP contribution >= 0.6 is 22.6 Å². The van der Waals surface area contributed by atoms with E-state index in [4.69, 9.17) is 0 Å². The molecule has 1 heterocycles. The molecule has 0 bridgehead atoms. The Morgan fingerprint density at radius 3 is 2.73 bits per heavy atom. The minimum atomic E-state index is 0.0125. The number of nitrogens with zero attached hydrogens (tertiary/aromatic N) is 1. The van der Waals surface area contributed by atoms with Crippen LogP contribution < -0.4 is 0 Å². The average molecular weight is 311 g/mol. The van der Waals surface area contributed by atoms with Crippen molar-refractivity contribution in [3.8, 4) is 0 Å². The minimum Gasteiger partial charge on any atom is -0.293 e. The van der Waals surface area contributed by atoms with Crippen LogP contribution in [0.15, 0.2) is 24.3 Å². The first-order valence-electron chi connectivity index (χ1n) is 4.66. The topological polar surface area (TPSA) is 30.0 Å². The zero-order valence-corrected chi connectivity index (χ0v) is 10.7. The predicted octanol–water partition coefficient (Wildman–Crippen LogP) is 3.35. The zero-order valence-electron chi connectivity index (χ0n) is 8.54. The Bertz CT molecular complexity index is 549. The van der Waals surface area contributed by atoms with E-state index in [1.807, 2.05) is 25.1 Å². The first-order chi connectivity index (χ1) is 7.08. The van der Waals surface area contributed by atoms with Crippen molar-refractivity contribution in [2.75, 3.05) is 0 Å². The van der Waals surface area contributed by atoms with Crippen molar-refractivity contribution in [3.63, 3.8) is 0 Å². The molecule has 76 valence electrons. The van der Waals surface area contributed by atoms with Gasteiger partial charge in [0.2, 0.25) is 0 Å². The van der Waals surface area contributed by atoms with E-state index in [0.29, 0.717) is 5.69 Å².